The Morgan fingerprint density at radius 1 is 1.47 bits per heavy atom. The number of oxime groups is 1. The predicted molar refractivity (Wildman–Crippen MR) is 79.4 cm³/mol. The summed E-state index contributed by atoms with van der Waals surface area (Å²) in [4.78, 5) is 0. The minimum absolute atomic E-state index is 0.275. The summed E-state index contributed by atoms with van der Waals surface area (Å²) in [6, 6.07) is 8.77. The average molecular weight is 263 g/mol. The second kappa shape index (κ2) is 6.57. The van der Waals surface area contributed by atoms with E-state index in [-0.39, 0.29) is 11.3 Å². The van der Waals surface area contributed by atoms with Crippen LogP contribution in [0.5, 0.6) is 0 Å². The topological polar surface area (TPSA) is 70.6 Å². The van der Waals surface area contributed by atoms with Gasteiger partial charge in [0.15, 0.2) is 0 Å². The molecule has 4 N–H and O–H groups in total. The number of nitrogens with zero attached hydrogens (tertiary/aromatic N) is 1. The average Bonchev–Trinajstić information content (AvgIpc) is 2.37. The SMILES string of the molecule is Cc1cccc([C@@H](C)NCCC(C)(C)/C(N)=N/O)c1. The van der Waals surface area contributed by atoms with Gasteiger partial charge >= 0.3 is 0 Å². The molecule has 0 saturated carbocycles. The summed E-state index contributed by atoms with van der Waals surface area (Å²) in [7, 11) is 0. The predicted octanol–water partition coefficient (Wildman–Crippen LogP) is 2.81. The number of nitrogens with one attached hydrogen (secondary N) is 1. The molecule has 0 fully saturated rings. The van der Waals surface area contributed by atoms with Crippen molar-refractivity contribution in [2.45, 2.75) is 40.2 Å². The molecule has 0 aromatic heterocycles. The van der Waals surface area contributed by atoms with Crippen LogP contribution in [-0.2, 0) is 0 Å². The fraction of sp³-hybridized carbons (Fsp3) is 0.533. The summed E-state index contributed by atoms with van der Waals surface area (Å²) in [5.74, 6) is 0.275. The minimum atomic E-state index is -0.298. The first-order chi connectivity index (χ1) is 8.86. The zero-order chi connectivity index (χ0) is 14.5. The highest BCUT2D eigenvalue weighted by Gasteiger charge is 2.23. The Morgan fingerprint density at radius 2 is 2.16 bits per heavy atom. The van der Waals surface area contributed by atoms with Gasteiger partial charge in [-0.15, -0.1) is 0 Å². The van der Waals surface area contributed by atoms with Crippen molar-refractivity contribution in [2.24, 2.45) is 16.3 Å². The van der Waals surface area contributed by atoms with Gasteiger partial charge in [-0.2, -0.15) is 0 Å². The lowest BCUT2D eigenvalue weighted by molar-refractivity contribution is 0.304. The third-order valence-electron chi connectivity index (χ3n) is 3.54. The quantitative estimate of drug-likeness (QED) is 0.320. The molecule has 4 heteroatoms. The Morgan fingerprint density at radius 3 is 2.74 bits per heavy atom. The molecule has 1 rings (SSSR count). The van der Waals surface area contributed by atoms with Crippen molar-refractivity contribution in [1.82, 2.24) is 5.32 Å². The number of aryl methyl sites for hydroxylation is 1. The van der Waals surface area contributed by atoms with Gasteiger partial charge in [0.2, 0.25) is 0 Å². The summed E-state index contributed by atoms with van der Waals surface area (Å²) in [6.45, 7) is 9.00. The van der Waals surface area contributed by atoms with Crippen LogP contribution in [-0.4, -0.2) is 17.6 Å². The monoisotopic (exact) mass is 263 g/mol. The van der Waals surface area contributed by atoms with E-state index in [1.54, 1.807) is 0 Å². The van der Waals surface area contributed by atoms with E-state index < -0.39 is 0 Å². The Hall–Kier alpha value is -1.55. The summed E-state index contributed by atoms with van der Waals surface area (Å²) >= 11 is 0. The van der Waals surface area contributed by atoms with Gasteiger partial charge in [-0.25, -0.2) is 0 Å². The van der Waals surface area contributed by atoms with E-state index in [4.69, 9.17) is 10.9 Å². The lowest BCUT2D eigenvalue weighted by atomic mass is 9.88. The first kappa shape index (κ1) is 15.5. The van der Waals surface area contributed by atoms with Crippen LogP contribution in [0.2, 0.25) is 0 Å². The van der Waals surface area contributed by atoms with Gasteiger partial charge in [-0.1, -0.05) is 48.8 Å². The Kier molecular flexibility index (Phi) is 5.36. The molecule has 1 atom stereocenters. The highest BCUT2D eigenvalue weighted by atomic mass is 16.4. The Balaban J connectivity index is 2.50. The third-order valence-corrected chi connectivity index (χ3v) is 3.54. The molecule has 0 unspecified atom stereocenters. The van der Waals surface area contributed by atoms with Gasteiger partial charge in [0, 0.05) is 11.5 Å². The normalized spacial score (nSPS) is 14.4. The maximum Gasteiger partial charge on any atom is 0.144 e. The largest absolute Gasteiger partial charge is 0.409 e. The molecule has 19 heavy (non-hydrogen) atoms. The van der Waals surface area contributed by atoms with Gasteiger partial charge in [-0.05, 0) is 32.4 Å². The molecule has 0 saturated heterocycles. The maximum absolute atomic E-state index is 8.73. The fourth-order valence-corrected chi connectivity index (χ4v) is 1.92. The van der Waals surface area contributed by atoms with E-state index in [1.807, 2.05) is 13.8 Å². The number of hydrogen-bond donors (Lipinski definition) is 3. The van der Waals surface area contributed by atoms with Crippen LogP contribution < -0.4 is 11.1 Å². The standard InChI is InChI=1S/C15H25N3O/c1-11-6-5-7-13(10-11)12(2)17-9-8-15(3,4)14(16)18-19/h5-7,10,12,17,19H,8-9H2,1-4H3,(H2,16,18)/t12-/m1/s1. The van der Waals surface area contributed by atoms with Crippen LogP contribution in [0.3, 0.4) is 0 Å². The highest BCUT2D eigenvalue weighted by molar-refractivity contribution is 5.85. The lowest BCUT2D eigenvalue weighted by Gasteiger charge is -2.24. The zero-order valence-corrected chi connectivity index (χ0v) is 12.3. The van der Waals surface area contributed by atoms with Gasteiger partial charge in [0.25, 0.3) is 0 Å². The van der Waals surface area contributed by atoms with Crippen molar-refractivity contribution in [2.75, 3.05) is 6.54 Å². The highest BCUT2D eigenvalue weighted by Crippen LogP contribution is 2.20. The molecular formula is C15H25N3O. The van der Waals surface area contributed by atoms with Crippen LogP contribution in [0.25, 0.3) is 0 Å². The molecule has 4 nitrogen and oxygen atoms in total. The first-order valence-electron chi connectivity index (χ1n) is 6.65. The smallest absolute Gasteiger partial charge is 0.144 e. The molecular weight excluding hydrogens is 238 g/mol. The van der Waals surface area contributed by atoms with Crippen molar-refractivity contribution >= 4 is 5.84 Å². The van der Waals surface area contributed by atoms with E-state index in [2.05, 4.69) is 48.6 Å². The van der Waals surface area contributed by atoms with Crippen LogP contribution in [0, 0.1) is 12.3 Å². The van der Waals surface area contributed by atoms with Gasteiger partial charge in [-0.3, -0.25) is 0 Å². The van der Waals surface area contributed by atoms with Crippen molar-refractivity contribution < 1.29 is 5.21 Å². The van der Waals surface area contributed by atoms with Crippen LogP contribution >= 0.6 is 0 Å². The minimum Gasteiger partial charge on any atom is -0.409 e. The lowest BCUT2D eigenvalue weighted by Crippen LogP contribution is -2.35. The van der Waals surface area contributed by atoms with Crippen molar-refractivity contribution in [3.8, 4) is 0 Å². The molecule has 106 valence electrons. The maximum atomic E-state index is 8.73. The third kappa shape index (κ3) is 4.56. The fourth-order valence-electron chi connectivity index (χ4n) is 1.92. The molecule has 0 heterocycles. The van der Waals surface area contributed by atoms with E-state index in [1.165, 1.54) is 11.1 Å². The molecule has 1 aromatic carbocycles. The van der Waals surface area contributed by atoms with Crippen molar-refractivity contribution in [1.29, 1.82) is 0 Å². The van der Waals surface area contributed by atoms with Gasteiger partial charge in [0.1, 0.15) is 5.84 Å². The van der Waals surface area contributed by atoms with Gasteiger partial charge in [0.05, 0.1) is 0 Å². The van der Waals surface area contributed by atoms with Crippen LogP contribution in [0.4, 0.5) is 0 Å². The summed E-state index contributed by atoms with van der Waals surface area (Å²) in [6.07, 6.45) is 0.819. The van der Waals surface area contributed by atoms with Crippen molar-refractivity contribution in [3.05, 3.63) is 35.4 Å². The number of nitrogens with two attached hydrogens (primary N) is 1. The van der Waals surface area contributed by atoms with E-state index >= 15 is 0 Å². The number of benzene rings is 1. The van der Waals surface area contributed by atoms with E-state index in [0.29, 0.717) is 6.04 Å². The van der Waals surface area contributed by atoms with E-state index in [9.17, 15) is 0 Å². The van der Waals surface area contributed by atoms with Gasteiger partial charge < -0.3 is 16.3 Å². The number of rotatable bonds is 6. The molecule has 0 aliphatic carbocycles. The number of amidine groups is 1. The van der Waals surface area contributed by atoms with Crippen molar-refractivity contribution in [3.63, 3.8) is 0 Å². The first-order valence-corrected chi connectivity index (χ1v) is 6.65. The van der Waals surface area contributed by atoms with Crippen LogP contribution in [0.15, 0.2) is 29.4 Å². The summed E-state index contributed by atoms with van der Waals surface area (Å²) < 4.78 is 0. The number of hydrogen-bond acceptors (Lipinski definition) is 3. The second-order valence-corrected chi connectivity index (χ2v) is 5.71. The molecule has 0 radical (unpaired) electrons. The molecule has 0 amide bonds. The summed E-state index contributed by atoms with van der Waals surface area (Å²) in [5.41, 5.74) is 7.92. The Labute approximate surface area is 115 Å². The molecule has 0 spiro atoms. The van der Waals surface area contributed by atoms with Crippen LogP contribution in [0.1, 0.15) is 44.4 Å². The van der Waals surface area contributed by atoms with E-state index in [0.717, 1.165) is 13.0 Å². The molecule has 0 aliphatic heterocycles. The molecule has 0 bridgehead atoms. The Bertz CT molecular complexity index is 441. The summed E-state index contributed by atoms with van der Waals surface area (Å²) in [5, 5.41) is 15.3. The zero-order valence-electron chi connectivity index (χ0n) is 12.3. The molecule has 0 aliphatic rings. The second-order valence-electron chi connectivity index (χ2n) is 5.71. The molecule has 1 aromatic rings.